The summed E-state index contributed by atoms with van der Waals surface area (Å²) in [5, 5.41) is 1.54. The minimum absolute atomic E-state index is 0.194. The first kappa shape index (κ1) is 23.0. The number of halogens is 2. The molecule has 28 heavy (non-hydrogen) atoms. The van der Waals surface area contributed by atoms with Crippen molar-refractivity contribution in [2.45, 2.75) is 77.0 Å². The van der Waals surface area contributed by atoms with E-state index in [1.807, 2.05) is 36.4 Å². The van der Waals surface area contributed by atoms with Crippen molar-refractivity contribution < 1.29 is 4.79 Å². The van der Waals surface area contributed by atoms with Crippen molar-refractivity contribution in [2.75, 3.05) is 0 Å². The average molecular weight is 419 g/mol. The first-order valence-corrected chi connectivity index (χ1v) is 11.3. The molecule has 3 heteroatoms. The molecule has 0 saturated carbocycles. The summed E-state index contributed by atoms with van der Waals surface area (Å²) < 4.78 is 0. The van der Waals surface area contributed by atoms with Crippen molar-refractivity contribution in [3.05, 3.63) is 69.7 Å². The zero-order valence-corrected chi connectivity index (χ0v) is 18.6. The second-order valence-corrected chi connectivity index (χ2v) is 8.48. The number of hydrogen-bond donors (Lipinski definition) is 0. The Hall–Kier alpha value is -1.31. The summed E-state index contributed by atoms with van der Waals surface area (Å²) in [4.78, 5) is 13.1. The van der Waals surface area contributed by atoms with Crippen LogP contribution in [0.1, 0.15) is 88.2 Å². The van der Waals surface area contributed by atoms with Crippen molar-refractivity contribution in [3.63, 3.8) is 0 Å². The maximum Gasteiger partial charge on any atom is 0.134 e. The molecule has 0 bridgehead atoms. The van der Waals surface area contributed by atoms with E-state index in [1.54, 1.807) is 0 Å². The summed E-state index contributed by atoms with van der Waals surface area (Å²) in [6.45, 7) is 4.37. The Morgan fingerprint density at radius 3 is 1.50 bits per heavy atom. The van der Waals surface area contributed by atoms with Gasteiger partial charge in [-0.3, -0.25) is 4.79 Å². The SMILES string of the molecule is CCCCC(CC(=O)CC(CCCC)c1ccccc1Cl)c1ccccc1Cl. The van der Waals surface area contributed by atoms with E-state index in [0.29, 0.717) is 18.6 Å². The van der Waals surface area contributed by atoms with E-state index in [1.165, 1.54) is 0 Å². The van der Waals surface area contributed by atoms with Crippen molar-refractivity contribution in [1.29, 1.82) is 0 Å². The van der Waals surface area contributed by atoms with Crippen LogP contribution in [0.2, 0.25) is 10.0 Å². The molecule has 2 aromatic carbocycles. The first-order valence-electron chi connectivity index (χ1n) is 10.6. The number of unbranched alkanes of at least 4 members (excludes halogenated alkanes) is 2. The summed E-state index contributed by atoms with van der Waals surface area (Å²) in [7, 11) is 0. The zero-order chi connectivity index (χ0) is 20.4. The van der Waals surface area contributed by atoms with Crippen LogP contribution < -0.4 is 0 Å². The number of carbonyl (C=O) groups is 1. The average Bonchev–Trinajstić information content (AvgIpc) is 2.69. The quantitative estimate of drug-likeness (QED) is 0.337. The highest BCUT2D eigenvalue weighted by atomic mass is 35.5. The molecule has 1 nitrogen and oxygen atoms in total. The van der Waals surface area contributed by atoms with Gasteiger partial charge in [0.25, 0.3) is 0 Å². The number of carbonyl (C=O) groups excluding carboxylic acids is 1. The van der Waals surface area contributed by atoms with Gasteiger partial charge in [0, 0.05) is 22.9 Å². The predicted molar refractivity (Wildman–Crippen MR) is 122 cm³/mol. The van der Waals surface area contributed by atoms with Crippen LogP contribution in [-0.4, -0.2) is 5.78 Å². The molecule has 2 unspecified atom stereocenters. The number of ketones is 1. The van der Waals surface area contributed by atoms with E-state index in [0.717, 1.165) is 59.7 Å². The molecule has 0 aliphatic rings. The van der Waals surface area contributed by atoms with Crippen molar-refractivity contribution in [1.82, 2.24) is 0 Å². The second kappa shape index (κ2) is 12.3. The maximum atomic E-state index is 13.1. The number of hydrogen-bond acceptors (Lipinski definition) is 1. The minimum atomic E-state index is 0.194. The summed E-state index contributed by atoms with van der Waals surface area (Å²) >= 11 is 12.9. The predicted octanol–water partition coefficient (Wildman–Crippen LogP) is 8.59. The lowest BCUT2D eigenvalue weighted by Gasteiger charge is -2.21. The minimum Gasteiger partial charge on any atom is -0.300 e. The smallest absolute Gasteiger partial charge is 0.134 e. The summed E-state index contributed by atoms with van der Waals surface area (Å²) in [6.07, 6.45) is 7.55. The standard InChI is InChI=1S/C25H32Cl2O/c1-3-5-11-19(22-13-7-9-15-24(22)26)17-21(28)18-20(12-6-4-2)23-14-8-10-16-25(23)27/h7-10,13-16,19-20H,3-6,11-12,17-18H2,1-2H3. The van der Waals surface area contributed by atoms with Gasteiger partial charge in [0.05, 0.1) is 0 Å². The lowest BCUT2D eigenvalue weighted by Crippen LogP contribution is -2.12. The largest absolute Gasteiger partial charge is 0.300 e. The van der Waals surface area contributed by atoms with Gasteiger partial charge in [-0.15, -0.1) is 0 Å². The summed E-state index contributed by atoms with van der Waals surface area (Å²) in [5.74, 6) is 0.695. The summed E-state index contributed by atoms with van der Waals surface area (Å²) in [6, 6.07) is 15.9. The number of Topliss-reactive ketones (excluding diaryl/α,β-unsaturated/α-hetero) is 1. The molecule has 0 aromatic heterocycles. The highest BCUT2D eigenvalue weighted by Crippen LogP contribution is 2.35. The summed E-state index contributed by atoms with van der Waals surface area (Å²) in [5.41, 5.74) is 2.21. The van der Waals surface area contributed by atoms with Crippen molar-refractivity contribution >= 4 is 29.0 Å². The Labute approximate surface area is 180 Å². The van der Waals surface area contributed by atoms with Gasteiger partial charge < -0.3 is 0 Å². The van der Waals surface area contributed by atoms with Crippen LogP contribution in [0.5, 0.6) is 0 Å². The molecule has 0 spiro atoms. The van der Waals surface area contributed by atoms with Gasteiger partial charge in [-0.1, -0.05) is 99.1 Å². The van der Waals surface area contributed by atoms with Gasteiger partial charge in [-0.25, -0.2) is 0 Å². The van der Waals surface area contributed by atoms with Crippen LogP contribution in [0.15, 0.2) is 48.5 Å². The third-order valence-corrected chi connectivity index (χ3v) is 6.14. The third kappa shape index (κ3) is 6.94. The van der Waals surface area contributed by atoms with E-state index in [9.17, 15) is 4.79 Å². The molecule has 0 N–H and O–H groups in total. The molecule has 152 valence electrons. The number of rotatable bonds is 12. The van der Waals surface area contributed by atoms with Gasteiger partial charge >= 0.3 is 0 Å². The zero-order valence-electron chi connectivity index (χ0n) is 17.1. The molecule has 0 amide bonds. The Morgan fingerprint density at radius 2 is 1.14 bits per heavy atom. The van der Waals surface area contributed by atoms with Crippen molar-refractivity contribution in [3.8, 4) is 0 Å². The fourth-order valence-corrected chi connectivity index (χ4v) is 4.46. The van der Waals surface area contributed by atoms with Crippen LogP contribution in [0, 0.1) is 0 Å². The van der Waals surface area contributed by atoms with E-state index < -0.39 is 0 Å². The van der Waals surface area contributed by atoms with Gasteiger partial charge in [0.15, 0.2) is 0 Å². The number of benzene rings is 2. The molecule has 2 rings (SSSR count). The first-order chi connectivity index (χ1) is 13.6. The Bertz CT molecular complexity index is 679. The monoisotopic (exact) mass is 418 g/mol. The van der Waals surface area contributed by atoms with E-state index in [4.69, 9.17) is 23.2 Å². The molecule has 0 heterocycles. The van der Waals surface area contributed by atoms with Crippen LogP contribution in [0.4, 0.5) is 0 Å². The van der Waals surface area contributed by atoms with Crippen LogP contribution >= 0.6 is 23.2 Å². The molecule has 0 saturated heterocycles. The van der Waals surface area contributed by atoms with Gasteiger partial charge in [0.2, 0.25) is 0 Å². The fraction of sp³-hybridized carbons (Fsp3) is 0.480. The maximum absolute atomic E-state index is 13.1. The van der Waals surface area contributed by atoms with E-state index >= 15 is 0 Å². The molecular formula is C25H32Cl2O. The topological polar surface area (TPSA) is 17.1 Å². The Morgan fingerprint density at radius 1 is 0.750 bits per heavy atom. The lowest BCUT2D eigenvalue weighted by atomic mass is 9.84. The van der Waals surface area contributed by atoms with Crippen LogP contribution in [0.3, 0.4) is 0 Å². The highest BCUT2D eigenvalue weighted by molar-refractivity contribution is 6.31. The van der Waals surface area contributed by atoms with Gasteiger partial charge in [-0.05, 0) is 47.9 Å². The second-order valence-electron chi connectivity index (χ2n) is 7.67. The molecule has 2 aromatic rings. The normalized spacial score (nSPS) is 13.3. The van der Waals surface area contributed by atoms with Gasteiger partial charge in [-0.2, -0.15) is 0 Å². The Kier molecular flexibility index (Phi) is 10.1. The Balaban J connectivity index is 2.14. The van der Waals surface area contributed by atoms with E-state index in [2.05, 4.69) is 26.0 Å². The molecule has 0 fully saturated rings. The molecule has 2 atom stereocenters. The fourth-order valence-electron chi connectivity index (χ4n) is 3.88. The van der Waals surface area contributed by atoms with Gasteiger partial charge in [0.1, 0.15) is 5.78 Å². The molecule has 0 aliphatic heterocycles. The lowest BCUT2D eigenvalue weighted by molar-refractivity contribution is -0.119. The van der Waals surface area contributed by atoms with Crippen LogP contribution in [0.25, 0.3) is 0 Å². The van der Waals surface area contributed by atoms with Crippen molar-refractivity contribution in [2.24, 2.45) is 0 Å². The molecule has 0 aliphatic carbocycles. The van der Waals surface area contributed by atoms with E-state index in [-0.39, 0.29) is 11.8 Å². The third-order valence-electron chi connectivity index (χ3n) is 5.45. The highest BCUT2D eigenvalue weighted by Gasteiger charge is 2.22. The molecule has 0 radical (unpaired) electrons. The van der Waals surface area contributed by atoms with Crippen LogP contribution in [-0.2, 0) is 4.79 Å². The molecular weight excluding hydrogens is 387 g/mol.